The van der Waals surface area contributed by atoms with Crippen LogP contribution in [0.25, 0.3) is 0 Å². The van der Waals surface area contributed by atoms with Gasteiger partial charge in [0, 0.05) is 29.9 Å². The lowest BCUT2D eigenvalue weighted by atomic mass is 10.2. The van der Waals surface area contributed by atoms with Crippen LogP contribution in [0.5, 0.6) is 5.75 Å². The summed E-state index contributed by atoms with van der Waals surface area (Å²) in [5, 5.41) is 16.4. The highest BCUT2D eigenvalue weighted by Gasteiger charge is 2.03. The Kier molecular flexibility index (Phi) is 7.50. The van der Waals surface area contributed by atoms with Crippen LogP contribution in [-0.4, -0.2) is 32.5 Å². The Hall–Kier alpha value is -2.09. The monoisotopic (exact) mass is 403 g/mol. The van der Waals surface area contributed by atoms with Gasteiger partial charge in [-0.2, -0.15) is 0 Å². The first-order chi connectivity index (χ1) is 13.2. The Morgan fingerprint density at radius 3 is 2.70 bits per heavy atom. The zero-order chi connectivity index (χ0) is 18.9. The maximum atomic E-state index is 6.15. The molecule has 0 saturated carbocycles. The van der Waals surface area contributed by atoms with E-state index in [0.29, 0.717) is 6.61 Å². The van der Waals surface area contributed by atoms with Crippen molar-refractivity contribution in [2.24, 2.45) is 7.05 Å². The SMILES string of the molecule is Cn1nnnc1SCCCNCc1ccc(OCc2ccccc2Cl)cc1. The van der Waals surface area contributed by atoms with Gasteiger partial charge in [-0.3, -0.25) is 0 Å². The van der Waals surface area contributed by atoms with Crippen molar-refractivity contribution in [3.8, 4) is 5.75 Å². The summed E-state index contributed by atoms with van der Waals surface area (Å²) in [5.41, 5.74) is 2.21. The van der Waals surface area contributed by atoms with Gasteiger partial charge in [0.25, 0.3) is 0 Å². The van der Waals surface area contributed by atoms with Gasteiger partial charge >= 0.3 is 0 Å². The molecule has 0 spiro atoms. The number of hydrogen-bond donors (Lipinski definition) is 1. The number of thioether (sulfide) groups is 1. The number of hydrogen-bond acceptors (Lipinski definition) is 6. The largest absolute Gasteiger partial charge is 0.489 e. The number of ether oxygens (including phenoxy) is 1. The molecule has 1 N–H and O–H groups in total. The standard InChI is InChI=1S/C19H22ClN5OS/c1-25-19(22-23-24-25)27-12-4-11-21-13-15-7-9-17(10-8-15)26-14-16-5-2-3-6-18(16)20/h2-3,5-10,21H,4,11-14H2,1H3. The lowest BCUT2D eigenvalue weighted by Gasteiger charge is -2.09. The Balaban J connectivity index is 1.33. The number of aromatic nitrogens is 4. The Bertz CT molecular complexity index is 840. The second-order valence-corrected chi connectivity index (χ2v) is 7.46. The zero-order valence-corrected chi connectivity index (χ0v) is 16.7. The number of tetrazole rings is 1. The fourth-order valence-electron chi connectivity index (χ4n) is 2.42. The third-order valence-electron chi connectivity index (χ3n) is 3.91. The van der Waals surface area contributed by atoms with Gasteiger partial charge in [0.15, 0.2) is 0 Å². The van der Waals surface area contributed by atoms with Crippen molar-refractivity contribution in [1.29, 1.82) is 0 Å². The first kappa shape index (κ1) is 19.7. The molecule has 0 bridgehead atoms. The molecule has 0 amide bonds. The highest BCUT2D eigenvalue weighted by atomic mass is 35.5. The molecule has 8 heteroatoms. The van der Waals surface area contributed by atoms with Gasteiger partial charge in [0.1, 0.15) is 12.4 Å². The third-order valence-corrected chi connectivity index (χ3v) is 5.38. The summed E-state index contributed by atoms with van der Waals surface area (Å²) in [6, 6.07) is 15.9. The molecule has 0 aliphatic heterocycles. The van der Waals surface area contributed by atoms with Gasteiger partial charge in [-0.05, 0) is 47.2 Å². The van der Waals surface area contributed by atoms with Crippen LogP contribution in [-0.2, 0) is 20.2 Å². The summed E-state index contributed by atoms with van der Waals surface area (Å²) in [7, 11) is 1.85. The predicted molar refractivity (Wildman–Crippen MR) is 108 cm³/mol. The van der Waals surface area contributed by atoms with Crippen LogP contribution in [0.15, 0.2) is 53.7 Å². The van der Waals surface area contributed by atoms with E-state index in [1.807, 2.05) is 43.4 Å². The zero-order valence-electron chi connectivity index (χ0n) is 15.1. The quantitative estimate of drug-likeness (QED) is 0.411. The highest BCUT2D eigenvalue weighted by Crippen LogP contribution is 2.19. The Morgan fingerprint density at radius 1 is 1.15 bits per heavy atom. The van der Waals surface area contributed by atoms with Crippen LogP contribution in [0.2, 0.25) is 5.02 Å². The van der Waals surface area contributed by atoms with Crippen molar-refractivity contribution < 1.29 is 4.74 Å². The minimum absolute atomic E-state index is 0.468. The molecule has 3 rings (SSSR count). The molecule has 27 heavy (non-hydrogen) atoms. The molecule has 3 aromatic rings. The molecule has 0 aliphatic carbocycles. The van der Waals surface area contributed by atoms with Gasteiger partial charge in [-0.15, -0.1) is 5.10 Å². The van der Waals surface area contributed by atoms with E-state index in [1.165, 1.54) is 5.56 Å². The summed E-state index contributed by atoms with van der Waals surface area (Å²) in [6.45, 7) is 2.25. The fraction of sp³-hybridized carbons (Fsp3) is 0.316. The van der Waals surface area contributed by atoms with Crippen molar-refractivity contribution in [2.75, 3.05) is 12.3 Å². The number of nitrogens with one attached hydrogen (secondary N) is 1. The minimum Gasteiger partial charge on any atom is -0.489 e. The van der Waals surface area contributed by atoms with Crippen molar-refractivity contribution in [2.45, 2.75) is 24.7 Å². The van der Waals surface area contributed by atoms with Crippen molar-refractivity contribution in [3.05, 3.63) is 64.7 Å². The van der Waals surface area contributed by atoms with E-state index in [4.69, 9.17) is 16.3 Å². The Morgan fingerprint density at radius 2 is 1.96 bits per heavy atom. The smallest absolute Gasteiger partial charge is 0.209 e. The van der Waals surface area contributed by atoms with Crippen LogP contribution >= 0.6 is 23.4 Å². The molecule has 2 aromatic carbocycles. The molecule has 1 aromatic heterocycles. The molecule has 0 aliphatic rings. The second-order valence-electron chi connectivity index (χ2n) is 5.99. The maximum Gasteiger partial charge on any atom is 0.209 e. The van der Waals surface area contributed by atoms with Crippen LogP contribution in [0, 0.1) is 0 Å². The summed E-state index contributed by atoms with van der Waals surface area (Å²) in [6.07, 6.45) is 1.05. The van der Waals surface area contributed by atoms with Crippen LogP contribution in [0.1, 0.15) is 17.5 Å². The van der Waals surface area contributed by atoms with E-state index < -0.39 is 0 Å². The topological polar surface area (TPSA) is 64.9 Å². The second kappa shape index (κ2) is 10.3. The molecule has 0 saturated heterocycles. The summed E-state index contributed by atoms with van der Waals surface area (Å²) >= 11 is 7.81. The molecule has 0 radical (unpaired) electrons. The van der Waals surface area contributed by atoms with E-state index in [1.54, 1.807) is 16.4 Å². The molecule has 1 heterocycles. The fourth-order valence-corrected chi connectivity index (χ4v) is 3.40. The average molecular weight is 404 g/mol. The first-order valence-electron chi connectivity index (χ1n) is 8.73. The van der Waals surface area contributed by atoms with E-state index in [-0.39, 0.29) is 0 Å². The summed E-state index contributed by atoms with van der Waals surface area (Å²) in [4.78, 5) is 0. The van der Waals surface area contributed by atoms with Gasteiger partial charge in [-0.1, -0.05) is 53.7 Å². The van der Waals surface area contributed by atoms with E-state index in [0.717, 1.165) is 46.8 Å². The molecule has 142 valence electrons. The van der Waals surface area contributed by atoms with Crippen molar-refractivity contribution in [1.82, 2.24) is 25.5 Å². The molecule has 0 unspecified atom stereocenters. The predicted octanol–water partition coefficient (Wildman–Crippen LogP) is 3.71. The maximum absolute atomic E-state index is 6.15. The molecule has 0 fully saturated rings. The highest BCUT2D eigenvalue weighted by molar-refractivity contribution is 7.99. The van der Waals surface area contributed by atoms with Crippen LogP contribution in [0.4, 0.5) is 0 Å². The van der Waals surface area contributed by atoms with E-state index in [9.17, 15) is 0 Å². The normalized spacial score (nSPS) is 10.9. The van der Waals surface area contributed by atoms with Gasteiger partial charge in [0.05, 0.1) is 0 Å². The first-order valence-corrected chi connectivity index (χ1v) is 10.1. The van der Waals surface area contributed by atoms with Crippen molar-refractivity contribution in [3.63, 3.8) is 0 Å². The number of benzene rings is 2. The number of rotatable bonds is 10. The number of halogens is 1. The van der Waals surface area contributed by atoms with Crippen LogP contribution < -0.4 is 10.1 Å². The van der Waals surface area contributed by atoms with Gasteiger partial charge in [-0.25, -0.2) is 4.68 Å². The van der Waals surface area contributed by atoms with Crippen molar-refractivity contribution >= 4 is 23.4 Å². The van der Waals surface area contributed by atoms with Gasteiger partial charge < -0.3 is 10.1 Å². The third kappa shape index (κ3) is 6.23. The van der Waals surface area contributed by atoms with Crippen LogP contribution in [0.3, 0.4) is 0 Å². The van der Waals surface area contributed by atoms with E-state index in [2.05, 4.69) is 33.0 Å². The molecular weight excluding hydrogens is 382 g/mol. The minimum atomic E-state index is 0.468. The Labute approximate surface area is 168 Å². The molecule has 6 nitrogen and oxygen atoms in total. The molecule has 0 atom stereocenters. The number of nitrogens with zero attached hydrogens (tertiary/aromatic N) is 4. The lowest BCUT2D eigenvalue weighted by Crippen LogP contribution is -2.15. The lowest BCUT2D eigenvalue weighted by molar-refractivity contribution is 0.306. The summed E-state index contributed by atoms with van der Waals surface area (Å²) < 4.78 is 7.49. The number of aryl methyl sites for hydroxylation is 1. The van der Waals surface area contributed by atoms with E-state index >= 15 is 0 Å². The average Bonchev–Trinajstić information content (AvgIpc) is 3.10. The molecular formula is C19H22ClN5OS. The van der Waals surface area contributed by atoms with Gasteiger partial charge in [0.2, 0.25) is 5.16 Å². The summed E-state index contributed by atoms with van der Waals surface area (Å²) in [5.74, 6) is 1.82.